The van der Waals surface area contributed by atoms with Gasteiger partial charge in [-0.1, -0.05) is 74.0 Å². The molecule has 0 saturated carbocycles. The van der Waals surface area contributed by atoms with E-state index in [1.165, 1.54) is 39.0 Å². The van der Waals surface area contributed by atoms with Crippen LogP contribution in [0.5, 0.6) is 0 Å². The van der Waals surface area contributed by atoms with Crippen LogP contribution < -0.4 is 0 Å². The zero-order chi connectivity index (χ0) is 16.8. The predicted molar refractivity (Wildman–Crippen MR) is 104 cm³/mol. The van der Waals surface area contributed by atoms with Crippen molar-refractivity contribution in [2.45, 2.75) is 47.0 Å². The van der Waals surface area contributed by atoms with Gasteiger partial charge in [-0.2, -0.15) is 0 Å². The molecule has 0 aliphatic rings. The highest BCUT2D eigenvalue weighted by Crippen LogP contribution is 2.26. The Labute approximate surface area is 141 Å². The average Bonchev–Trinajstić information content (AvgIpc) is 2.51. The first-order chi connectivity index (χ1) is 11.0. The lowest BCUT2D eigenvalue weighted by Gasteiger charge is -2.14. The molecule has 0 unspecified atom stereocenters. The van der Waals surface area contributed by atoms with E-state index in [1.54, 1.807) is 0 Å². The highest BCUT2D eigenvalue weighted by molar-refractivity contribution is 5.67. The Hall–Kier alpha value is -2.08. The first-order valence-electron chi connectivity index (χ1n) is 8.55. The Bertz CT molecular complexity index is 717. The molecule has 2 rings (SSSR count). The summed E-state index contributed by atoms with van der Waals surface area (Å²) in [4.78, 5) is 0. The van der Waals surface area contributed by atoms with Gasteiger partial charge in [0, 0.05) is 0 Å². The van der Waals surface area contributed by atoms with E-state index in [0.717, 1.165) is 19.3 Å². The molecule has 0 heteroatoms. The second kappa shape index (κ2) is 7.97. The monoisotopic (exact) mass is 304 g/mol. The van der Waals surface area contributed by atoms with Crippen LogP contribution in [0.2, 0.25) is 0 Å². The van der Waals surface area contributed by atoms with Crippen molar-refractivity contribution in [1.82, 2.24) is 0 Å². The SMILES string of the molecule is C=C(CCC)c1ccc(C)cc1Cc1ccc(C)c(/C=C\C)c1. The standard InChI is InChI=1S/C23H28/c1-6-8-19(5)23-13-10-17(3)14-22(23)16-20-12-11-18(4)21(15-20)9-7-2/h7,9-15H,5-6,8,16H2,1-4H3/b9-7-. The quantitative estimate of drug-likeness (QED) is 0.554. The fourth-order valence-corrected chi connectivity index (χ4v) is 3.03. The Morgan fingerprint density at radius 3 is 2.57 bits per heavy atom. The number of benzene rings is 2. The van der Waals surface area contributed by atoms with Crippen molar-refractivity contribution in [3.8, 4) is 0 Å². The zero-order valence-corrected chi connectivity index (χ0v) is 14.9. The van der Waals surface area contributed by atoms with Crippen LogP contribution in [0.1, 0.15) is 60.1 Å². The van der Waals surface area contributed by atoms with Crippen LogP contribution in [-0.4, -0.2) is 0 Å². The van der Waals surface area contributed by atoms with Crippen LogP contribution in [0.25, 0.3) is 11.6 Å². The summed E-state index contributed by atoms with van der Waals surface area (Å²) >= 11 is 0. The molecule has 0 radical (unpaired) electrons. The molecule has 0 bridgehead atoms. The fourth-order valence-electron chi connectivity index (χ4n) is 3.03. The van der Waals surface area contributed by atoms with Gasteiger partial charge < -0.3 is 0 Å². The summed E-state index contributed by atoms with van der Waals surface area (Å²) in [6.45, 7) is 12.9. The Balaban J connectivity index is 2.37. The summed E-state index contributed by atoms with van der Waals surface area (Å²) in [5.41, 5.74) is 9.28. The maximum absolute atomic E-state index is 4.30. The van der Waals surface area contributed by atoms with E-state index in [-0.39, 0.29) is 0 Å². The molecule has 0 aliphatic carbocycles. The second-order valence-corrected chi connectivity index (χ2v) is 6.38. The van der Waals surface area contributed by atoms with Crippen molar-refractivity contribution >= 4 is 11.6 Å². The molecule has 0 aromatic heterocycles. The highest BCUT2D eigenvalue weighted by atomic mass is 14.1. The van der Waals surface area contributed by atoms with Crippen molar-refractivity contribution in [1.29, 1.82) is 0 Å². The molecule has 0 saturated heterocycles. The third-order valence-corrected chi connectivity index (χ3v) is 4.28. The topological polar surface area (TPSA) is 0 Å². The summed E-state index contributed by atoms with van der Waals surface area (Å²) in [7, 11) is 0. The largest absolute Gasteiger partial charge is 0.0952 e. The molecule has 0 aliphatic heterocycles. The minimum absolute atomic E-state index is 0.963. The number of hydrogen-bond donors (Lipinski definition) is 0. The number of allylic oxidation sites excluding steroid dienone is 2. The minimum Gasteiger partial charge on any atom is -0.0952 e. The fraction of sp³-hybridized carbons (Fsp3) is 0.304. The third kappa shape index (κ3) is 4.45. The maximum atomic E-state index is 4.30. The molecule has 0 nitrogen and oxygen atoms in total. The van der Waals surface area contributed by atoms with Crippen LogP contribution in [0, 0.1) is 13.8 Å². The van der Waals surface area contributed by atoms with E-state index in [1.807, 2.05) is 0 Å². The van der Waals surface area contributed by atoms with Crippen LogP contribution in [0.3, 0.4) is 0 Å². The molecule has 120 valence electrons. The zero-order valence-electron chi connectivity index (χ0n) is 14.9. The molecule has 23 heavy (non-hydrogen) atoms. The van der Waals surface area contributed by atoms with E-state index in [4.69, 9.17) is 0 Å². The molecule has 0 N–H and O–H groups in total. The van der Waals surface area contributed by atoms with E-state index in [2.05, 4.69) is 82.8 Å². The molecule has 2 aromatic rings. The molecular weight excluding hydrogens is 276 g/mol. The average molecular weight is 304 g/mol. The van der Waals surface area contributed by atoms with Crippen molar-refractivity contribution in [2.75, 3.05) is 0 Å². The molecular formula is C23H28. The lowest BCUT2D eigenvalue weighted by atomic mass is 9.91. The van der Waals surface area contributed by atoms with Gasteiger partial charge in [-0.3, -0.25) is 0 Å². The van der Waals surface area contributed by atoms with Gasteiger partial charge in [-0.15, -0.1) is 0 Å². The predicted octanol–water partition coefficient (Wildman–Crippen LogP) is 6.74. The molecule has 0 fully saturated rings. The summed E-state index contributed by atoms with van der Waals surface area (Å²) in [5, 5.41) is 0. The Kier molecular flexibility index (Phi) is 5.98. The van der Waals surface area contributed by atoms with Crippen LogP contribution >= 0.6 is 0 Å². The van der Waals surface area contributed by atoms with Gasteiger partial charge in [-0.05, 0) is 67.0 Å². The van der Waals surface area contributed by atoms with Gasteiger partial charge in [0.25, 0.3) is 0 Å². The van der Waals surface area contributed by atoms with Gasteiger partial charge in [0.15, 0.2) is 0 Å². The normalized spacial score (nSPS) is 11.1. The van der Waals surface area contributed by atoms with Crippen molar-refractivity contribution in [3.63, 3.8) is 0 Å². The number of rotatable bonds is 6. The summed E-state index contributed by atoms with van der Waals surface area (Å²) in [6, 6.07) is 13.5. The molecule has 0 amide bonds. The lowest BCUT2D eigenvalue weighted by Crippen LogP contribution is -1.97. The van der Waals surface area contributed by atoms with Gasteiger partial charge in [0.05, 0.1) is 0 Å². The van der Waals surface area contributed by atoms with E-state index in [0.29, 0.717) is 0 Å². The van der Waals surface area contributed by atoms with Gasteiger partial charge in [-0.25, -0.2) is 0 Å². The first-order valence-corrected chi connectivity index (χ1v) is 8.55. The van der Waals surface area contributed by atoms with E-state index in [9.17, 15) is 0 Å². The summed E-state index contributed by atoms with van der Waals surface area (Å²) in [5.74, 6) is 0. The number of aryl methyl sites for hydroxylation is 2. The van der Waals surface area contributed by atoms with Crippen molar-refractivity contribution in [3.05, 3.63) is 82.4 Å². The van der Waals surface area contributed by atoms with Crippen molar-refractivity contribution in [2.24, 2.45) is 0 Å². The van der Waals surface area contributed by atoms with E-state index >= 15 is 0 Å². The minimum atomic E-state index is 0.963. The Morgan fingerprint density at radius 2 is 1.87 bits per heavy atom. The molecule has 0 atom stereocenters. The lowest BCUT2D eigenvalue weighted by molar-refractivity contribution is 0.971. The summed E-state index contributed by atoms with van der Waals surface area (Å²) in [6.07, 6.45) is 7.46. The van der Waals surface area contributed by atoms with Crippen molar-refractivity contribution < 1.29 is 0 Å². The number of hydrogen-bond acceptors (Lipinski definition) is 0. The second-order valence-electron chi connectivity index (χ2n) is 6.38. The third-order valence-electron chi connectivity index (χ3n) is 4.28. The van der Waals surface area contributed by atoms with Gasteiger partial charge >= 0.3 is 0 Å². The van der Waals surface area contributed by atoms with Crippen LogP contribution in [0.4, 0.5) is 0 Å². The van der Waals surface area contributed by atoms with Gasteiger partial charge in [0.2, 0.25) is 0 Å². The molecule has 2 aromatic carbocycles. The molecule has 0 heterocycles. The first kappa shape index (κ1) is 17.3. The van der Waals surface area contributed by atoms with Crippen LogP contribution in [0.15, 0.2) is 49.1 Å². The molecule has 0 spiro atoms. The van der Waals surface area contributed by atoms with Crippen LogP contribution in [-0.2, 0) is 6.42 Å². The Morgan fingerprint density at radius 1 is 1.09 bits per heavy atom. The maximum Gasteiger partial charge on any atom is -0.00194 e. The van der Waals surface area contributed by atoms with E-state index < -0.39 is 0 Å². The smallest absolute Gasteiger partial charge is 0.00194 e. The highest BCUT2D eigenvalue weighted by Gasteiger charge is 2.08. The van der Waals surface area contributed by atoms with Gasteiger partial charge in [0.1, 0.15) is 0 Å². The summed E-state index contributed by atoms with van der Waals surface area (Å²) < 4.78 is 0.